The third kappa shape index (κ3) is 2.85. The molecule has 0 atom stereocenters. The molecule has 2 aromatic heterocycles. The molecule has 2 N–H and O–H groups in total. The molecule has 0 radical (unpaired) electrons. The van der Waals surface area contributed by atoms with Gasteiger partial charge < -0.3 is 5.32 Å². The fourth-order valence-electron chi connectivity index (χ4n) is 2.00. The number of nitriles is 1. The Morgan fingerprint density at radius 2 is 2.00 bits per heavy atom. The minimum Gasteiger partial charge on any atom is -0.308 e. The smallest absolute Gasteiger partial charge is 0.308 e. The molecule has 0 fully saturated rings. The fraction of sp³-hybridized carbons (Fsp3) is 0. The van der Waals surface area contributed by atoms with Crippen LogP contribution in [0.3, 0.4) is 0 Å². The molecule has 0 spiro atoms. The Kier molecular flexibility index (Phi) is 3.64. The topological polar surface area (TPSA) is 82.2 Å². The number of fused-ring (bicyclic) bond motifs is 1. The molecular formula is C15H10ClN5O. The second-order valence-corrected chi connectivity index (χ2v) is 4.95. The van der Waals surface area contributed by atoms with Gasteiger partial charge in [0.15, 0.2) is 0 Å². The van der Waals surface area contributed by atoms with Crippen LogP contribution < -0.4 is 10.6 Å². The van der Waals surface area contributed by atoms with E-state index in [0.717, 1.165) is 5.52 Å². The zero-order valence-corrected chi connectivity index (χ0v) is 12.0. The molecule has 2 amide bonds. The molecule has 0 unspecified atom stereocenters. The zero-order valence-electron chi connectivity index (χ0n) is 11.2. The fourth-order valence-corrected chi connectivity index (χ4v) is 2.21. The number of halogens is 1. The van der Waals surface area contributed by atoms with E-state index in [2.05, 4.69) is 15.6 Å². The third-order valence-electron chi connectivity index (χ3n) is 3.00. The summed E-state index contributed by atoms with van der Waals surface area (Å²) in [6.07, 6.45) is 3.23. The molecule has 1 aromatic carbocycles. The van der Waals surface area contributed by atoms with Crippen LogP contribution in [0.15, 0.2) is 48.9 Å². The highest BCUT2D eigenvalue weighted by molar-refractivity contribution is 6.31. The van der Waals surface area contributed by atoms with Gasteiger partial charge >= 0.3 is 6.03 Å². The van der Waals surface area contributed by atoms with E-state index in [-0.39, 0.29) is 0 Å². The van der Waals surface area contributed by atoms with Gasteiger partial charge in [0, 0.05) is 10.7 Å². The largest absolute Gasteiger partial charge is 0.324 e. The SMILES string of the molecule is N#Cc1ccc(NC(=O)Nc2cc(Cl)cc3cncn23)cc1. The van der Waals surface area contributed by atoms with Gasteiger partial charge in [-0.3, -0.25) is 9.72 Å². The van der Waals surface area contributed by atoms with E-state index >= 15 is 0 Å². The summed E-state index contributed by atoms with van der Waals surface area (Å²) in [6.45, 7) is 0. The number of carbonyl (C=O) groups excluding carboxylic acids is 1. The number of urea groups is 1. The summed E-state index contributed by atoms with van der Waals surface area (Å²) >= 11 is 6.01. The lowest BCUT2D eigenvalue weighted by molar-refractivity contribution is 0.262. The van der Waals surface area contributed by atoms with Gasteiger partial charge in [0.05, 0.1) is 23.3 Å². The molecule has 0 aliphatic rings. The molecule has 7 heteroatoms. The Hall–Kier alpha value is -3.04. The maximum atomic E-state index is 12.0. The van der Waals surface area contributed by atoms with Crippen LogP contribution in [-0.2, 0) is 0 Å². The summed E-state index contributed by atoms with van der Waals surface area (Å²) in [4.78, 5) is 16.1. The lowest BCUT2D eigenvalue weighted by atomic mass is 10.2. The van der Waals surface area contributed by atoms with Crippen LogP contribution in [0.4, 0.5) is 16.3 Å². The lowest BCUT2D eigenvalue weighted by Gasteiger charge is -2.10. The molecule has 6 nitrogen and oxygen atoms in total. The van der Waals surface area contributed by atoms with Crippen molar-refractivity contribution < 1.29 is 4.79 Å². The average Bonchev–Trinajstić information content (AvgIpc) is 2.96. The van der Waals surface area contributed by atoms with Gasteiger partial charge in [-0.25, -0.2) is 9.78 Å². The number of rotatable bonds is 2. The minimum atomic E-state index is -0.415. The van der Waals surface area contributed by atoms with Gasteiger partial charge in [-0.15, -0.1) is 0 Å². The molecule has 0 bridgehead atoms. The molecule has 108 valence electrons. The van der Waals surface area contributed by atoms with Crippen LogP contribution in [0.1, 0.15) is 5.56 Å². The standard InChI is InChI=1S/C15H10ClN5O/c16-11-5-13-8-18-9-21(13)14(6-11)20-15(22)19-12-3-1-10(7-17)2-4-12/h1-6,8-9H,(H2,19,20,22). The van der Waals surface area contributed by atoms with Crippen molar-refractivity contribution in [1.82, 2.24) is 9.38 Å². The van der Waals surface area contributed by atoms with E-state index in [1.165, 1.54) is 0 Å². The first-order chi connectivity index (χ1) is 10.7. The van der Waals surface area contributed by atoms with Crippen molar-refractivity contribution in [2.24, 2.45) is 0 Å². The van der Waals surface area contributed by atoms with Gasteiger partial charge in [0.2, 0.25) is 0 Å². The van der Waals surface area contributed by atoms with E-state index in [0.29, 0.717) is 22.1 Å². The number of nitrogens with zero attached hydrogens (tertiary/aromatic N) is 3. The first-order valence-electron chi connectivity index (χ1n) is 6.35. The van der Waals surface area contributed by atoms with Gasteiger partial charge in [0.25, 0.3) is 0 Å². The predicted octanol–water partition coefficient (Wildman–Crippen LogP) is 3.50. The summed E-state index contributed by atoms with van der Waals surface area (Å²) in [6, 6.07) is 11.6. The number of carbonyl (C=O) groups is 1. The van der Waals surface area contributed by atoms with Crippen molar-refractivity contribution >= 4 is 34.7 Å². The van der Waals surface area contributed by atoms with Crippen molar-refractivity contribution in [2.45, 2.75) is 0 Å². The summed E-state index contributed by atoms with van der Waals surface area (Å²) in [5, 5.41) is 14.6. The Morgan fingerprint density at radius 3 is 2.73 bits per heavy atom. The molecule has 0 saturated heterocycles. The van der Waals surface area contributed by atoms with Crippen molar-refractivity contribution in [2.75, 3.05) is 10.6 Å². The molecule has 2 heterocycles. The second kappa shape index (κ2) is 5.76. The molecule has 0 saturated carbocycles. The van der Waals surface area contributed by atoms with Crippen LogP contribution in [0, 0.1) is 11.3 Å². The van der Waals surface area contributed by atoms with Crippen LogP contribution in [0.5, 0.6) is 0 Å². The number of hydrogen-bond acceptors (Lipinski definition) is 3. The number of nitrogens with one attached hydrogen (secondary N) is 2. The van der Waals surface area contributed by atoms with Gasteiger partial charge in [0.1, 0.15) is 12.1 Å². The van der Waals surface area contributed by atoms with Gasteiger partial charge in [-0.1, -0.05) is 11.6 Å². The van der Waals surface area contributed by atoms with Crippen LogP contribution in [0.2, 0.25) is 5.02 Å². The molecule has 0 aliphatic carbocycles. The first-order valence-corrected chi connectivity index (χ1v) is 6.73. The van der Waals surface area contributed by atoms with E-state index in [4.69, 9.17) is 16.9 Å². The maximum Gasteiger partial charge on any atom is 0.324 e. The van der Waals surface area contributed by atoms with Gasteiger partial charge in [-0.05, 0) is 36.4 Å². The Morgan fingerprint density at radius 1 is 1.23 bits per heavy atom. The number of hydrogen-bond donors (Lipinski definition) is 2. The Balaban J connectivity index is 1.78. The lowest BCUT2D eigenvalue weighted by Crippen LogP contribution is -2.20. The number of anilines is 2. The summed E-state index contributed by atoms with van der Waals surface area (Å²) < 4.78 is 1.71. The Bertz CT molecular complexity index is 879. The van der Waals surface area contributed by atoms with E-state index < -0.39 is 6.03 Å². The molecule has 22 heavy (non-hydrogen) atoms. The van der Waals surface area contributed by atoms with E-state index in [1.807, 2.05) is 6.07 Å². The monoisotopic (exact) mass is 311 g/mol. The summed E-state index contributed by atoms with van der Waals surface area (Å²) in [5.41, 5.74) is 1.89. The van der Waals surface area contributed by atoms with E-state index in [9.17, 15) is 4.79 Å². The highest BCUT2D eigenvalue weighted by Gasteiger charge is 2.08. The number of amides is 2. The van der Waals surface area contributed by atoms with E-state index in [1.54, 1.807) is 53.3 Å². The molecule has 3 rings (SSSR count). The van der Waals surface area contributed by atoms with Crippen LogP contribution >= 0.6 is 11.6 Å². The number of benzene rings is 1. The Labute approximate surface area is 131 Å². The van der Waals surface area contributed by atoms with Crippen molar-refractivity contribution in [3.05, 3.63) is 59.5 Å². The van der Waals surface area contributed by atoms with Gasteiger partial charge in [-0.2, -0.15) is 5.26 Å². The number of pyridine rings is 1. The maximum absolute atomic E-state index is 12.0. The molecule has 3 aromatic rings. The predicted molar refractivity (Wildman–Crippen MR) is 84.0 cm³/mol. The van der Waals surface area contributed by atoms with Crippen LogP contribution in [-0.4, -0.2) is 15.4 Å². The van der Waals surface area contributed by atoms with Crippen LogP contribution in [0.25, 0.3) is 5.52 Å². The number of imidazole rings is 1. The average molecular weight is 312 g/mol. The summed E-state index contributed by atoms with van der Waals surface area (Å²) in [5.74, 6) is 0.506. The number of aromatic nitrogens is 2. The summed E-state index contributed by atoms with van der Waals surface area (Å²) in [7, 11) is 0. The molecular weight excluding hydrogens is 302 g/mol. The molecule has 0 aliphatic heterocycles. The quantitative estimate of drug-likeness (QED) is 0.760. The van der Waals surface area contributed by atoms with Crippen molar-refractivity contribution in [1.29, 1.82) is 5.26 Å². The normalized spacial score (nSPS) is 10.2. The first kappa shape index (κ1) is 13.9. The highest BCUT2D eigenvalue weighted by Crippen LogP contribution is 2.20. The second-order valence-electron chi connectivity index (χ2n) is 4.52. The third-order valence-corrected chi connectivity index (χ3v) is 3.22. The minimum absolute atomic E-state index is 0.415. The highest BCUT2D eigenvalue weighted by atomic mass is 35.5. The zero-order chi connectivity index (χ0) is 15.5. The van der Waals surface area contributed by atoms with Crippen molar-refractivity contribution in [3.63, 3.8) is 0 Å². The van der Waals surface area contributed by atoms with Crippen molar-refractivity contribution in [3.8, 4) is 6.07 Å².